The third-order valence-electron chi connectivity index (χ3n) is 6.68. The van der Waals surface area contributed by atoms with Crippen LogP contribution in [0.2, 0.25) is 5.28 Å². The average molecular weight is 453 g/mol. The van der Waals surface area contributed by atoms with Crippen molar-refractivity contribution in [3.8, 4) is 0 Å². The standard InChI is InChI=1S/C20H29ClN6O4/c1-24-16-15(17(29)25(2)19(24)30)27(18(21)23-16)12-14(28)22-13-20(6-4-3-5-7-20)26-8-10-31-11-9-26/h3-13H2,1-2H3,(H,22,28). The molecule has 1 saturated heterocycles. The van der Waals surface area contributed by atoms with Crippen LogP contribution in [0.1, 0.15) is 32.1 Å². The van der Waals surface area contributed by atoms with Gasteiger partial charge in [-0.05, 0) is 24.4 Å². The minimum atomic E-state index is -0.526. The Balaban J connectivity index is 1.55. The average Bonchev–Trinajstić information content (AvgIpc) is 3.12. The highest BCUT2D eigenvalue weighted by atomic mass is 35.5. The van der Waals surface area contributed by atoms with Gasteiger partial charge in [0.2, 0.25) is 11.2 Å². The Morgan fingerprint density at radius 1 is 1.13 bits per heavy atom. The lowest BCUT2D eigenvalue weighted by Gasteiger charge is -2.48. The van der Waals surface area contributed by atoms with Crippen molar-refractivity contribution < 1.29 is 9.53 Å². The molecule has 4 rings (SSSR count). The maximum Gasteiger partial charge on any atom is 0.332 e. The third-order valence-corrected chi connectivity index (χ3v) is 6.97. The Labute approximate surface area is 184 Å². The number of hydrogen-bond donors (Lipinski definition) is 1. The zero-order valence-corrected chi connectivity index (χ0v) is 18.8. The molecule has 0 bridgehead atoms. The molecule has 1 aliphatic carbocycles. The van der Waals surface area contributed by atoms with Gasteiger partial charge in [0.1, 0.15) is 6.54 Å². The van der Waals surface area contributed by atoms with E-state index in [1.807, 2.05) is 0 Å². The second-order valence-corrected chi connectivity index (χ2v) is 8.84. The second kappa shape index (κ2) is 8.76. The van der Waals surface area contributed by atoms with Crippen LogP contribution in [0.15, 0.2) is 9.59 Å². The Morgan fingerprint density at radius 2 is 1.81 bits per heavy atom. The summed E-state index contributed by atoms with van der Waals surface area (Å²) in [6.07, 6.45) is 5.61. The van der Waals surface area contributed by atoms with Gasteiger partial charge in [0.25, 0.3) is 5.56 Å². The van der Waals surface area contributed by atoms with Crippen molar-refractivity contribution in [1.82, 2.24) is 28.9 Å². The first-order chi connectivity index (χ1) is 14.8. The predicted molar refractivity (Wildman–Crippen MR) is 116 cm³/mol. The van der Waals surface area contributed by atoms with Gasteiger partial charge in [-0.15, -0.1) is 0 Å². The highest BCUT2D eigenvalue weighted by Gasteiger charge is 2.38. The summed E-state index contributed by atoms with van der Waals surface area (Å²) in [6.45, 7) is 3.59. The van der Waals surface area contributed by atoms with Crippen molar-refractivity contribution in [3.63, 3.8) is 0 Å². The summed E-state index contributed by atoms with van der Waals surface area (Å²) in [6, 6.07) is 0. The van der Waals surface area contributed by atoms with Crippen LogP contribution in [-0.4, -0.2) is 67.9 Å². The zero-order chi connectivity index (χ0) is 22.2. The molecule has 3 heterocycles. The van der Waals surface area contributed by atoms with E-state index in [-0.39, 0.29) is 34.4 Å². The van der Waals surface area contributed by atoms with Gasteiger partial charge in [0.15, 0.2) is 11.2 Å². The Morgan fingerprint density at radius 3 is 2.48 bits per heavy atom. The number of carbonyl (C=O) groups excluding carboxylic acids is 1. The fourth-order valence-corrected chi connectivity index (χ4v) is 5.10. The minimum absolute atomic E-state index is 0.00371. The first-order valence-corrected chi connectivity index (χ1v) is 11.1. The number of aryl methyl sites for hydroxylation is 1. The van der Waals surface area contributed by atoms with E-state index < -0.39 is 11.2 Å². The van der Waals surface area contributed by atoms with Crippen LogP contribution in [0.4, 0.5) is 0 Å². The third kappa shape index (κ3) is 4.04. The van der Waals surface area contributed by atoms with Gasteiger partial charge < -0.3 is 10.1 Å². The van der Waals surface area contributed by atoms with E-state index in [0.717, 1.165) is 43.3 Å². The van der Waals surface area contributed by atoms with E-state index in [0.29, 0.717) is 19.8 Å². The number of rotatable bonds is 5. The molecule has 10 nitrogen and oxygen atoms in total. The van der Waals surface area contributed by atoms with Crippen LogP contribution in [-0.2, 0) is 30.2 Å². The summed E-state index contributed by atoms with van der Waals surface area (Å²) < 4.78 is 9.13. The van der Waals surface area contributed by atoms with Crippen molar-refractivity contribution in [3.05, 3.63) is 26.1 Å². The van der Waals surface area contributed by atoms with Crippen LogP contribution < -0.4 is 16.6 Å². The van der Waals surface area contributed by atoms with Crippen molar-refractivity contribution in [1.29, 1.82) is 0 Å². The maximum absolute atomic E-state index is 12.9. The van der Waals surface area contributed by atoms with Crippen LogP contribution in [0.25, 0.3) is 11.2 Å². The number of imidazole rings is 1. The van der Waals surface area contributed by atoms with Gasteiger partial charge in [0.05, 0.1) is 13.2 Å². The molecule has 0 unspecified atom stereocenters. The number of amides is 1. The molecule has 0 aromatic carbocycles. The Kier molecular flexibility index (Phi) is 6.23. The molecule has 0 spiro atoms. The molecule has 2 aromatic rings. The van der Waals surface area contributed by atoms with Crippen LogP contribution in [0, 0.1) is 0 Å². The second-order valence-electron chi connectivity index (χ2n) is 8.51. The van der Waals surface area contributed by atoms with Crippen molar-refractivity contribution in [2.75, 3.05) is 32.8 Å². The van der Waals surface area contributed by atoms with Gasteiger partial charge in [0, 0.05) is 39.3 Å². The summed E-state index contributed by atoms with van der Waals surface area (Å²) in [5, 5.41) is 3.08. The Bertz CT molecular complexity index is 1090. The lowest BCUT2D eigenvalue weighted by Crippen LogP contribution is -2.59. The lowest BCUT2D eigenvalue weighted by molar-refractivity contribution is -0.122. The number of ether oxygens (including phenoxy) is 1. The predicted octanol–water partition coefficient (Wildman–Crippen LogP) is 0.238. The first kappa shape index (κ1) is 22.0. The molecule has 1 saturated carbocycles. The van der Waals surface area contributed by atoms with Gasteiger partial charge in [-0.2, -0.15) is 4.98 Å². The molecular formula is C20H29ClN6O4. The minimum Gasteiger partial charge on any atom is -0.379 e. The monoisotopic (exact) mass is 452 g/mol. The van der Waals surface area contributed by atoms with E-state index in [4.69, 9.17) is 16.3 Å². The van der Waals surface area contributed by atoms with E-state index in [1.165, 1.54) is 29.7 Å². The smallest absolute Gasteiger partial charge is 0.332 e. The molecule has 2 aromatic heterocycles. The van der Waals surface area contributed by atoms with E-state index in [9.17, 15) is 14.4 Å². The normalized spacial score (nSPS) is 19.6. The number of nitrogens with one attached hydrogen (secondary N) is 1. The fourth-order valence-electron chi connectivity index (χ4n) is 4.88. The highest BCUT2D eigenvalue weighted by Crippen LogP contribution is 2.33. The van der Waals surface area contributed by atoms with E-state index >= 15 is 0 Å². The van der Waals surface area contributed by atoms with Gasteiger partial charge in [-0.3, -0.25) is 28.2 Å². The lowest BCUT2D eigenvalue weighted by atomic mass is 9.79. The van der Waals surface area contributed by atoms with Crippen LogP contribution in [0.5, 0.6) is 0 Å². The van der Waals surface area contributed by atoms with Crippen LogP contribution >= 0.6 is 11.6 Å². The molecule has 11 heteroatoms. The highest BCUT2D eigenvalue weighted by molar-refractivity contribution is 6.29. The molecule has 0 atom stereocenters. The quantitative estimate of drug-likeness (QED) is 0.652. The number of carbonyl (C=O) groups is 1. The SMILES string of the molecule is Cn1c(=O)c2c(nc(Cl)n2CC(=O)NCC2(N3CCOCC3)CCCCC2)n(C)c1=O. The molecule has 31 heavy (non-hydrogen) atoms. The van der Waals surface area contributed by atoms with Gasteiger partial charge >= 0.3 is 5.69 Å². The first-order valence-electron chi connectivity index (χ1n) is 10.8. The van der Waals surface area contributed by atoms with Crippen LogP contribution in [0.3, 0.4) is 0 Å². The van der Waals surface area contributed by atoms with Crippen molar-refractivity contribution in [2.24, 2.45) is 14.1 Å². The molecule has 2 fully saturated rings. The number of hydrogen-bond acceptors (Lipinski definition) is 6. The molecule has 1 N–H and O–H groups in total. The molecule has 1 aliphatic heterocycles. The molecular weight excluding hydrogens is 424 g/mol. The van der Waals surface area contributed by atoms with E-state index in [1.54, 1.807) is 0 Å². The largest absolute Gasteiger partial charge is 0.379 e. The topological polar surface area (TPSA) is 103 Å². The fraction of sp³-hybridized carbons (Fsp3) is 0.700. The van der Waals surface area contributed by atoms with Crippen molar-refractivity contribution >= 4 is 28.7 Å². The summed E-state index contributed by atoms with van der Waals surface area (Å²) in [5.41, 5.74) is -0.762. The van der Waals surface area contributed by atoms with E-state index in [2.05, 4.69) is 15.2 Å². The zero-order valence-electron chi connectivity index (χ0n) is 18.0. The van der Waals surface area contributed by atoms with Gasteiger partial charge in [-0.25, -0.2) is 4.79 Å². The molecule has 2 aliphatic rings. The summed E-state index contributed by atoms with van der Waals surface area (Å²) in [4.78, 5) is 44.3. The summed E-state index contributed by atoms with van der Waals surface area (Å²) in [5.74, 6) is -0.240. The number of morpholine rings is 1. The number of nitrogens with zero attached hydrogens (tertiary/aromatic N) is 5. The van der Waals surface area contributed by atoms with Crippen molar-refractivity contribution in [2.45, 2.75) is 44.2 Å². The number of halogens is 1. The molecule has 170 valence electrons. The maximum atomic E-state index is 12.9. The Hall–Kier alpha value is -2.17. The van der Waals surface area contributed by atoms with Gasteiger partial charge in [-0.1, -0.05) is 19.3 Å². The number of aromatic nitrogens is 4. The molecule has 1 amide bonds. The number of fused-ring (bicyclic) bond motifs is 1. The summed E-state index contributed by atoms with van der Waals surface area (Å²) in [7, 11) is 2.91. The molecule has 0 radical (unpaired) electrons. The summed E-state index contributed by atoms with van der Waals surface area (Å²) >= 11 is 6.24.